The number of halogens is 1. The van der Waals surface area contributed by atoms with Gasteiger partial charge in [0, 0.05) is 12.6 Å². The van der Waals surface area contributed by atoms with Gasteiger partial charge in [0.2, 0.25) is 0 Å². The Bertz CT molecular complexity index is 482. The fraction of sp³-hybridized carbons (Fsp3) is 0.533. The Morgan fingerprint density at radius 2 is 1.95 bits per heavy atom. The van der Waals surface area contributed by atoms with Crippen LogP contribution in [0.15, 0.2) is 24.3 Å². The summed E-state index contributed by atoms with van der Waals surface area (Å²) in [5, 5.41) is 0. The lowest BCUT2D eigenvalue weighted by Crippen LogP contribution is -2.39. The number of ether oxygens (including phenoxy) is 1. The van der Waals surface area contributed by atoms with Gasteiger partial charge in [-0.15, -0.1) is 0 Å². The summed E-state index contributed by atoms with van der Waals surface area (Å²) in [7, 11) is 0. The predicted octanol–water partition coefficient (Wildman–Crippen LogP) is 2.83. The lowest BCUT2D eigenvalue weighted by Gasteiger charge is -2.30. The molecule has 2 N–H and O–H groups in total. The van der Waals surface area contributed by atoms with E-state index in [9.17, 15) is 9.18 Å². The molecule has 0 saturated carbocycles. The zero-order valence-electron chi connectivity index (χ0n) is 12.1. The number of amides is 1. The summed E-state index contributed by atoms with van der Waals surface area (Å²) >= 11 is 0. The molecular formula is C15H21FN2O2. The topological polar surface area (TPSA) is 55.6 Å². The normalized spacial score (nSPS) is 22.9. The molecular weight excluding hydrogens is 259 g/mol. The number of carbonyl (C=O) groups is 1. The van der Waals surface area contributed by atoms with Crippen LogP contribution in [-0.4, -0.2) is 29.2 Å². The van der Waals surface area contributed by atoms with Crippen LogP contribution in [0.25, 0.3) is 0 Å². The summed E-state index contributed by atoms with van der Waals surface area (Å²) in [5.41, 5.74) is 6.39. The summed E-state index contributed by atoms with van der Waals surface area (Å²) in [6, 6.07) is 5.69. The Labute approximate surface area is 118 Å². The molecule has 0 aromatic heterocycles. The zero-order chi connectivity index (χ0) is 14.9. The highest BCUT2D eigenvalue weighted by molar-refractivity contribution is 5.69. The van der Waals surface area contributed by atoms with Crippen LogP contribution >= 0.6 is 0 Å². The van der Waals surface area contributed by atoms with Gasteiger partial charge in [-0.1, -0.05) is 12.1 Å². The minimum atomic E-state index is -0.545. The largest absolute Gasteiger partial charge is 0.444 e. The van der Waals surface area contributed by atoms with Gasteiger partial charge < -0.3 is 10.5 Å². The zero-order valence-corrected chi connectivity index (χ0v) is 12.1. The monoisotopic (exact) mass is 280 g/mol. The molecule has 1 aliphatic heterocycles. The van der Waals surface area contributed by atoms with Gasteiger partial charge in [-0.05, 0) is 44.9 Å². The van der Waals surface area contributed by atoms with E-state index in [-0.39, 0.29) is 24.0 Å². The molecule has 4 nitrogen and oxygen atoms in total. The van der Waals surface area contributed by atoms with E-state index in [2.05, 4.69) is 0 Å². The molecule has 0 spiro atoms. The van der Waals surface area contributed by atoms with E-state index < -0.39 is 5.60 Å². The van der Waals surface area contributed by atoms with Crippen molar-refractivity contribution < 1.29 is 13.9 Å². The Morgan fingerprint density at radius 1 is 1.35 bits per heavy atom. The van der Waals surface area contributed by atoms with Crippen molar-refractivity contribution in [2.24, 2.45) is 5.73 Å². The van der Waals surface area contributed by atoms with Crippen LogP contribution < -0.4 is 5.73 Å². The molecule has 2 unspecified atom stereocenters. The second-order valence-electron chi connectivity index (χ2n) is 6.12. The molecule has 2 atom stereocenters. The van der Waals surface area contributed by atoms with E-state index >= 15 is 0 Å². The highest BCUT2D eigenvalue weighted by Crippen LogP contribution is 2.32. The number of rotatable bonds is 1. The first kappa shape index (κ1) is 14.8. The number of hydrogen-bond donors (Lipinski definition) is 1. The maximum atomic E-state index is 13.0. The van der Waals surface area contributed by atoms with Crippen molar-refractivity contribution >= 4 is 6.09 Å². The van der Waals surface area contributed by atoms with E-state index in [1.165, 1.54) is 12.1 Å². The maximum absolute atomic E-state index is 13.0. The molecule has 1 saturated heterocycles. The van der Waals surface area contributed by atoms with Crippen molar-refractivity contribution in [3.8, 4) is 0 Å². The Morgan fingerprint density at radius 3 is 2.50 bits per heavy atom. The number of benzene rings is 1. The van der Waals surface area contributed by atoms with Crippen molar-refractivity contribution in [1.82, 2.24) is 4.90 Å². The van der Waals surface area contributed by atoms with Gasteiger partial charge in [0.25, 0.3) is 0 Å². The maximum Gasteiger partial charge on any atom is 0.410 e. The Balaban J connectivity index is 2.20. The number of hydrogen-bond acceptors (Lipinski definition) is 3. The molecule has 1 heterocycles. The van der Waals surface area contributed by atoms with Gasteiger partial charge in [0.15, 0.2) is 0 Å². The molecule has 0 aliphatic carbocycles. The van der Waals surface area contributed by atoms with Crippen LogP contribution in [0.5, 0.6) is 0 Å². The first-order valence-electron chi connectivity index (χ1n) is 6.78. The second kappa shape index (κ2) is 5.40. The Hall–Kier alpha value is -1.62. The van der Waals surface area contributed by atoms with Gasteiger partial charge in [-0.3, -0.25) is 4.90 Å². The average Bonchev–Trinajstić information content (AvgIpc) is 2.70. The average molecular weight is 280 g/mol. The van der Waals surface area contributed by atoms with Crippen LogP contribution in [0.4, 0.5) is 9.18 Å². The van der Waals surface area contributed by atoms with Crippen molar-refractivity contribution in [3.05, 3.63) is 35.6 Å². The summed E-state index contributed by atoms with van der Waals surface area (Å²) in [6.07, 6.45) is 0.334. The van der Waals surface area contributed by atoms with Crippen molar-refractivity contribution in [1.29, 1.82) is 0 Å². The van der Waals surface area contributed by atoms with E-state index in [0.29, 0.717) is 13.0 Å². The molecule has 0 bridgehead atoms. The highest BCUT2D eigenvalue weighted by atomic mass is 19.1. The minimum absolute atomic E-state index is 0.159. The quantitative estimate of drug-likeness (QED) is 0.860. The SMILES string of the molecule is CC(C)(C)OC(=O)N1CCC(N)C1c1ccc(F)cc1. The summed E-state index contributed by atoms with van der Waals surface area (Å²) < 4.78 is 18.4. The van der Waals surface area contributed by atoms with Gasteiger partial charge in [0.05, 0.1) is 6.04 Å². The van der Waals surface area contributed by atoms with Gasteiger partial charge in [0.1, 0.15) is 11.4 Å². The van der Waals surface area contributed by atoms with Gasteiger partial charge in [-0.2, -0.15) is 0 Å². The number of nitrogens with zero attached hydrogens (tertiary/aromatic N) is 1. The molecule has 1 amide bonds. The van der Waals surface area contributed by atoms with E-state index in [1.54, 1.807) is 17.0 Å². The van der Waals surface area contributed by atoms with Crippen LogP contribution in [0, 0.1) is 5.82 Å². The summed E-state index contributed by atoms with van der Waals surface area (Å²) in [4.78, 5) is 13.9. The molecule has 1 aromatic rings. The minimum Gasteiger partial charge on any atom is -0.444 e. The standard InChI is InChI=1S/C15H21FN2O2/c1-15(2,3)20-14(19)18-9-8-12(17)13(18)10-4-6-11(16)7-5-10/h4-7,12-13H,8-9,17H2,1-3H3. The number of nitrogens with two attached hydrogens (primary N) is 1. The second-order valence-corrected chi connectivity index (χ2v) is 6.12. The molecule has 1 aromatic carbocycles. The molecule has 0 radical (unpaired) electrons. The smallest absolute Gasteiger partial charge is 0.410 e. The molecule has 110 valence electrons. The van der Waals surface area contributed by atoms with E-state index in [1.807, 2.05) is 20.8 Å². The van der Waals surface area contributed by atoms with Gasteiger partial charge in [-0.25, -0.2) is 9.18 Å². The fourth-order valence-electron chi connectivity index (χ4n) is 2.43. The molecule has 1 aliphatic rings. The first-order chi connectivity index (χ1) is 9.28. The third-order valence-electron chi connectivity index (χ3n) is 3.28. The first-order valence-corrected chi connectivity index (χ1v) is 6.78. The molecule has 20 heavy (non-hydrogen) atoms. The summed E-state index contributed by atoms with van der Waals surface area (Å²) in [5.74, 6) is -0.302. The van der Waals surface area contributed by atoms with E-state index in [4.69, 9.17) is 10.5 Å². The van der Waals surface area contributed by atoms with Crippen LogP contribution in [0.2, 0.25) is 0 Å². The predicted molar refractivity (Wildman–Crippen MR) is 74.7 cm³/mol. The fourth-order valence-corrected chi connectivity index (χ4v) is 2.43. The lowest BCUT2D eigenvalue weighted by molar-refractivity contribution is 0.0218. The number of likely N-dealkylation sites (tertiary alicyclic amines) is 1. The highest BCUT2D eigenvalue weighted by Gasteiger charge is 2.38. The molecule has 5 heteroatoms. The molecule has 1 fully saturated rings. The third-order valence-corrected chi connectivity index (χ3v) is 3.28. The van der Waals surface area contributed by atoms with Crippen molar-refractivity contribution in [3.63, 3.8) is 0 Å². The Kier molecular flexibility index (Phi) is 3.99. The van der Waals surface area contributed by atoms with Crippen LogP contribution in [0.3, 0.4) is 0 Å². The van der Waals surface area contributed by atoms with Crippen molar-refractivity contribution in [2.45, 2.75) is 44.9 Å². The van der Waals surface area contributed by atoms with Crippen molar-refractivity contribution in [2.75, 3.05) is 6.54 Å². The van der Waals surface area contributed by atoms with Crippen LogP contribution in [-0.2, 0) is 4.74 Å². The number of carbonyl (C=O) groups excluding carboxylic acids is 1. The van der Waals surface area contributed by atoms with Gasteiger partial charge >= 0.3 is 6.09 Å². The van der Waals surface area contributed by atoms with E-state index in [0.717, 1.165) is 5.56 Å². The lowest BCUT2D eigenvalue weighted by atomic mass is 10.0. The summed E-state index contributed by atoms with van der Waals surface area (Å²) in [6.45, 7) is 6.04. The van der Waals surface area contributed by atoms with Crippen LogP contribution in [0.1, 0.15) is 38.8 Å². The third kappa shape index (κ3) is 3.28. The molecule has 2 rings (SSSR count).